The summed E-state index contributed by atoms with van der Waals surface area (Å²) in [6.07, 6.45) is 7.19. The molecule has 18 heavy (non-hydrogen) atoms. The predicted octanol–water partition coefficient (Wildman–Crippen LogP) is 4.58. The molecule has 1 fully saturated rings. The minimum Gasteiger partial charge on any atom is -0.389 e. The molecule has 0 atom stereocenters. The van der Waals surface area contributed by atoms with Crippen molar-refractivity contribution in [3.8, 4) is 0 Å². The van der Waals surface area contributed by atoms with E-state index in [-0.39, 0.29) is 5.60 Å². The second-order valence-corrected chi connectivity index (χ2v) is 6.37. The molecule has 2 nitrogen and oxygen atoms in total. The summed E-state index contributed by atoms with van der Waals surface area (Å²) in [5, 5.41) is 4.35. The van der Waals surface area contributed by atoms with Gasteiger partial charge in [0.1, 0.15) is 5.60 Å². The maximum Gasteiger partial charge on any atom is 0.143 e. The number of hydrogen-bond acceptors (Lipinski definition) is 2. The largest absolute Gasteiger partial charge is 0.389 e. The van der Waals surface area contributed by atoms with Crippen LogP contribution in [0.4, 0.5) is 0 Å². The SMILES string of the molecule is Cc1ccc(C2=NOC3(CCCCC3)C2)cc1Br. The second kappa shape index (κ2) is 4.69. The molecule has 3 rings (SSSR count). The fraction of sp³-hybridized carbons (Fsp3) is 0.533. The van der Waals surface area contributed by atoms with E-state index in [1.54, 1.807) is 0 Å². The van der Waals surface area contributed by atoms with Gasteiger partial charge in [-0.15, -0.1) is 0 Å². The van der Waals surface area contributed by atoms with Crippen molar-refractivity contribution in [2.24, 2.45) is 5.16 Å². The summed E-state index contributed by atoms with van der Waals surface area (Å²) in [5.41, 5.74) is 3.57. The molecular weight excluding hydrogens is 290 g/mol. The number of rotatable bonds is 1. The van der Waals surface area contributed by atoms with Crippen LogP contribution in [0.15, 0.2) is 27.8 Å². The minimum atomic E-state index is 0.0188. The van der Waals surface area contributed by atoms with Crippen molar-refractivity contribution < 1.29 is 4.84 Å². The molecule has 0 N–H and O–H groups in total. The van der Waals surface area contributed by atoms with Crippen molar-refractivity contribution in [1.29, 1.82) is 0 Å². The Kier molecular flexibility index (Phi) is 3.18. The zero-order chi connectivity index (χ0) is 12.6. The Labute approximate surface area is 117 Å². The predicted molar refractivity (Wildman–Crippen MR) is 76.9 cm³/mol. The van der Waals surface area contributed by atoms with Crippen molar-refractivity contribution in [3.05, 3.63) is 33.8 Å². The lowest BCUT2D eigenvalue weighted by Crippen LogP contribution is -2.31. The maximum absolute atomic E-state index is 5.79. The Morgan fingerprint density at radius 2 is 2.00 bits per heavy atom. The Morgan fingerprint density at radius 3 is 2.72 bits per heavy atom. The third-order valence-electron chi connectivity index (χ3n) is 4.11. The molecule has 1 aromatic carbocycles. The molecule has 96 valence electrons. The summed E-state index contributed by atoms with van der Waals surface area (Å²) in [4.78, 5) is 5.79. The number of aryl methyl sites for hydroxylation is 1. The van der Waals surface area contributed by atoms with Gasteiger partial charge < -0.3 is 4.84 Å². The monoisotopic (exact) mass is 307 g/mol. The van der Waals surface area contributed by atoms with Crippen LogP contribution in [0, 0.1) is 6.92 Å². The highest BCUT2D eigenvalue weighted by Gasteiger charge is 2.40. The highest BCUT2D eigenvalue weighted by molar-refractivity contribution is 9.10. The van der Waals surface area contributed by atoms with Crippen LogP contribution in [0.25, 0.3) is 0 Å². The number of benzene rings is 1. The van der Waals surface area contributed by atoms with E-state index in [1.807, 2.05) is 0 Å². The van der Waals surface area contributed by atoms with Crippen molar-refractivity contribution in [2.45, 2.75) is 51.0 Å². The smallest absolute Gasteiger partial charge is 0.143 e. The minimum absolute atomic E-state index is 0.0188. The van der Waals surface area contributed by atoms with Gasteiger partial charge in [-0.1, -0.05) is 39.6 Å². The molecule has 0 radical (unpaired) electrons. The second-order valence-electron chi connectivity index (χ2n) is 5.51. The van der Waals surface area contributed by atoms with E-state index in [4.69, 9.17) is 4.84 Å². The molecule has 0 bridgehead atoms. The molecule has 1 heterocycles. The van der Waals surface area contributed by atoms with Crippen molar-refractivity contribution in [3.63, 3.8) is 0 Å². The third-order valence-corrected chi connectivity index (χ3v) is 4.96. The molecule has 2 aliphatic rings. The lowest BCUT2D eigenvalue weighted by atomic mass is 9.81. The highest BCUT2D eigenvalue weighted by atomic mass is 79.9. The molecule has 1 aliphatic heterocycles. The van der Waals surface area contributed by atoms with E-state index in [0.29, 0.717) is 0 Å². The first-order chi connectivity index (χ1) is 8.69. The summed E-state index contributed by atoms with van der Waals surface area (Å²) < 4.78 is 1.15. The van der Waals surface area contributed by atoms with Crippen LogP contribution in [-0.2, 0) is 4.84 Å². The van der Waals surface area contributed by atoms with E-state index in [0.717, 1.165) is 29.4 Å². The first kappa shape index (κ1) is 12.2. The molecule has 1 saturated carbocycles. The molecule has 0 amide bonds. The average molecular weight is 308 g/mol. The summed E-state index contributed by atoms with van der Waals surface area (Å²) in [6, 6.07) is 6.43. The van der Waals surface area contributed by atoms with Gasteiger partial charge in [-0.25, -0.2) is 0 Å². The Hall–Kier alpha value is -0.830. The number of hydrogen-bond donors (Lipinski definition) is 0. The fourth-order valence-electron chi connectivity index (χ4n) is 2.91. The number of oxime groups is 1. The first-order valence-corrected chi connectivity index (χ1v) is 7.49. The zero-order valence-electron chi connectivity index (χ0n) is 10.7. The summed E-state index contributed by atoms with van der Waals surface area (Å²) in [5.74, 6) is 0. The Morgan fingerprint density at radius 1 is 1.22 bits per heavy atom. The van der Waals surface area contributed by atoms with Gasteiger partial charge in [0.15, 0.2) is 0 Å². The van der Waals surface area contributed by atoms with Gasteiger partial charge in [0.05, 0.1) is 5.71 Å². The molecule has 1 spiro atoms. The molecular formula is C15H18BrNO. The summed E-state index contributed by atoms with van der Waals surface area (Å²) in [6.45, 7) is 2.10. The maximum atomic E-state index is 5.79. The van der Waals surface area contributed by atoms with Gasteiger partial charge in [0.2, 0.25) is 0 Å². The standard InChI is InChI=1S/C15H18BrNO/c1-11-5-6-12(9-13(11)16)14-10-15(18-17-14)7-3-2-4-8-15/h5-6,9H,2-4,7-8,10H2,1H3. The Bertz CT molecular complexity index is 489. The van der Waals surface area contributed by atoms with Crippen LogP contribution >= 0.6 is 15.9 Å². The lowest BCUT2D eigenvalue weighted by Gasteiger charge is -2.30. The molecule has 0 saturated heterocycles. The van der Waals surface area contributed by atoms with E-state index in [1.165, 1.54) is 30.4 Å². The molecule has 0 aromatic heterocycles. The van der Waals surface area contributed by atoms with Gasteiger partial charge in [0.25, 0.3) is 0 Å². The zero-order valence-corrected chi connectivity index (χ0v) is 12.3. The molecule has 1 aromatic rings. The van der Waals surface area contributed by atoms with Crippen molar-refractivity contribution >= 4 is 21.6 Å². The van der Waals surface area contributed by atoms with E-state index in [2.05, 4.69) is 46.2 Å². The highest BCUT2D eigenvalue weighted by Crippen LogP contribution is 2.39. The van der Waals surface area contributed by atoms with Gasteiger partial charge in [-0.05, 0) is 44.2 Å². The first-order valence-electron chi connectivity index (χ1n) is 6.70. The summed E-state index contributed by atoms with van der Waals surface area (Å²) >= 11 is 3.58. The Balaban J connectivity index is 1.80. The van der Waals surface area contributed by atoms with Crippen LogP contribution in [0.3, 0.4) is 0 Å². The number of halogens is 1. The lowest BCUT2D eigenvalue weighted by molar-refractivity contribution is -0.0449. The van der Waals surface area contributed by atoms with Gasteiger partial charge in [-0.2, -0.15) is 0 Å². The molecule has 3 heteroatoms. The normalized spacial score (nSPS) is 21.8. The van der Waals surface area contributed by atoms with E-state index in [9.17, 15) is 0 Å². The van der Waals surface area contributed by atoms with Crippen LogP contribution in [-0.4, -0.2) is 11.3 Å². The van der Waals surface area contributed by atoms with Crippen LogP contribution < -0.4 is 0 Å². The average Bonchev–Trinajstić information content (AvgIpc) is 2.78. The van der Waals surface area contributed by atoms with Gasteiger partial charge >= 0.3 is 0 Å². The van der Waals surface area contributed by atoms with E-state index >= 15 is 0 Å². The van der Waals surface area contributed by atoms with Crippen LogP contribution in [0.5, 0.6) is 0 Å². The summed E-state index contributed by atoms with van der Waals surface area (Å²) in [7, 11) is 0. The van der Waals surface area contributed by atoms with Crippen LogP contribution in [0.2, 0.25) is 0 Å². The number of nitrogens with zero attached hydrogens (tertiary/aromatic N) is 1. The van der Waals surface area contributed by atoms with E-state index < -0.39 is 0 Å². The fourth-order valence-corrected chi connectivity index (χ4v) is 3.29. The molecule has 0 unspecified atom stereocenters. The van der Waals surface area contributed by atoms with Crippen molar-refractivity contribution in [2.75, 3.05) is 0 Å². The quantitative estimate of drug-likeness (QED) is 0.744. The van der Waals surface area contributed by atoms with Gasteiger partial charge in [-0.3, -0.25) is 0 Å². The molecule has 1 aliphatic carbocycles. The third kappa shape index (κ3) is 2.20. The topological polar surface area (TPSA) is 21.6 Å². The van der Waals surface area contributed by atoms with Crippen molar-refractivity contribution in [1.82, 2.24) is 0 Å². The van der Waals surface area contributed by atoms with Crippen LogP contribution in [0.1, 0.15) is 49.7 Å². The van der Waals surface area contributed by atoms with Gasteiger partial charge in [0, 0.05) is 16.5 Å².